The van der Waals surface area contributed by atoms with E-state index in [1.165, 1.54) is 16.7 Å². The molecular weight excluding hydrogens is 318 g/mol. The van der Waals surface area contributed by atoms with Crippen molar-refractivity contribution in [3.8, 4) is 5.75 Å². The first-order valence-electron chi connectivity index (χ1n) is 8.19. The van der Waals surface area contributed by atoms with Crippen LogP contribution in [0.2, 0.25) is 0 Å². The van der Waals surface area contributed by atoms with Gasteiger partial charge in [0.1, 0.15) is 12.4 Å². The van der Waals surface area contributed by atoms with Gasteiger partial charge in [0.15, 0.2) is 0 Å². The van der Waals surface area contributed by atoms with Gasteiger partial charge in [-0.05, 0) is 49.6 Å². The number of carbonyl (C=O) groups excluding carboxylic acids is 1. The summed E-state index contributed by atoms with van der Waals surface area (Å²) in [5.41, 5.74) is 3.60. The van der Waals surface area contributed by atoms with Gasteiger partial charge in [0, 0.05) is 5.75 Å². The Morgan fingerprint density at radius 1 is 1.12 bits per heavy atom. The third-order valence-electron chi connectivity index (χ3n) is 3.58. The maximum Gasteiger partial charge on any atom is 0.232 e. The average Bonchev–Trinajstić information content (AvgIpc) is 2.56. The van der Waals surface area contributed by atoms with Crippen LogP contribution in [0.15, 0.2) is 48.5 Å². The summed E-state index contributed by atoms with van der Waals surface area (Å²) in [6.07, 6.45) is 0. The lowest BCUT2D eigenvalue weighted by molar-refractivity contribution is -0.120. The van der Waals surface area contributed by atoms with Gasteiger partial charge in [0.05, 0.1) is 11.8 Å². The number of hydrogen-bond acceptors (Lipinski definition) is 3. The highest BCUT2D eigenvalue weighted by molar-refractivity contribution is 7.99. The molecule has 1 N–H and O–H groups in total. The van der Waals surface area contributed by atoms with Crippen LogP contribution in [0, 0.1) is 13.8 Å². The number of aryl methyl sites for hydroxylation is 2. The lowest BCUT2D eigenvalue weighted by Gasteiger charge is -2.13. The Labute approximate surface area is 148 Å². The van der Waals surface area contributed by atoms with Crippen molar-refractivity contribution in [2.24, 2.45) is 0 Å². The predicted octanol–water partition coefficient (Wildman–Crippen LogP) is 4.12. The quantitative estimate of drug-likeness (QED) is 0.733. The number of hydrogen-bond donors (Lipinski definition) is 1. The summed E-state index contributed by atoms with van der Waals surface area (Å²) in [6.45, 7) is 7.03. The number of thioether (sulfide) groups is 1. The van der Waals surface area contributed by atoms with E-state index in [9.17, 15) is 4.79 Å². The van der Waals surface area contributed by atoms with Crippen molar-refractivity contribution >= 4 is 17.7 Å². The van der Waals surface area contributed by atoms with Crippen LogP contribution in [-0.2, 0) is 10.5 Å². The van der Waals surface area contributed by atoms with Crippen molar-refractivity contribution < 1.29 is 9.53 Å². The number of carbonyl (C=O) groups is 1. The average molecular weight is 343 g/mol. The Morgan fingerprint density at radius 3 is 2.46 bits per heavy atom. The van der Waals surface area contributed by atoms with Gasteiger partial charge in [-0.3, -0.25) is 4.79 Å². The van der Waals surface area contributed by atoms with Crippen molar-refractivity contribution in [1.29, 1.82) is 0 Å². The van der Waals surface area contributed by atoms with Gasteiger partial charge in [-0.2, -0.15) is 0 Å². The minimum atomic E-state index is -0.0774. The van der Waals surface area contributed by atoms with Crippen LogP contribution in [0.5, 0.6) is 5.75 Å². The number of amides is 1. The van der Waals surface area contributed by atoms with Crippen LogP contribution in [-0.4, -0.2) is 24.3 Å². The number of ether oxygens (including phenoxy) is 1. The highest BCUT2D eigenvalue weighted by atomic mass is 32.2. The summed E-state index contributed by atoms with van der Waals surface area (Å²) in [5, 5.41) is 2.86. The minimum Gasteiger partial charge on any atom is -0.492 e. The molecule has 0 saturated carbocycles. The lowest BCUT2D eigenvalue weighted by atomic mass is 10.1. The SMILES string of the molecule is Cc1cc(C)cc(OCCNC(=O)[C@@H](C)SCc2ccccc2)c1. The zero-order valence-electron chi connectivity index (χ0n) is 14.5. The fourth-order valence-corrected chi connectivity index (χ4v) is 3.24. The summed E-state index contributed by atoms with van der Waals surface area (Å²) in [7, 11) is 0. The first kappa shape index (κ1) is 18.4. The molecule has 0 aliphatic heterocycles. The minimum absolute atomic E-state index is 0.0555. The molecule has 4 heteroatoms. The highest BCUT2D eigenvalue weighted by Crippen LogP contribution is 2.18. The van der Waals surface area contributed by atoms with E-state index in [0.29, 0.717) is 13.2 Å². The molecule has 2 rings (SSSR count). The van der Waals surface area contributed by atoms with Crippen LogP contribution in [0.1, 0.15) is 23.6 Å². The van der Waals surface area contributed by atoms with Crippen molar-refractivity contribution in [2.75, 3.05) is 13.2 Å². The zero-order chi connectivity index (χ0) is 17.4. The van der Waals surface area contributed by atoms with E-state index in [1.54, 1.807) is 11.8 Å². The Hall–Kier alpha value is -1.94. The Morgan fingerprint density at radius 2 is 1.79 bits per heavy atom. The van der Waals surface area contributed by atoms with Gasteiger partial charge in [-0.25, -0.2) is 0 Å². The summed E-state index contributed by atoms with van der Waals surface area (Å²) in [4.78, 5) is 12.1. The van der Waals surface area contributed by atoms with Crippen LogP contribution in [0.3, 0.4) is 0 Å². The third kappa shape index (κ3) is 6.28. The van der Waals surface area contributed by atoms with E-state index in [2.05, 4.69) is 23.5 Å². The summed E-state index contributed by atoms with van der Waals surface area (Å²) in [6, 6.07) is 16.3. The second-order valence-corrected chi connectivity index (χ2v) is 7.23. The first-order valence-corrected chi connectivity index (χ1v) is 9.24. The molecule has 2 aromatic rings. The second kappa shape index (κ2) is 9.38. The van der Waals surface area contributed by atoms with Gasteiger partial charge in [-0.1, -0.05) is 36.4 Å². The summed E-state index contributed by atoms with van der Waals surface area (Å²) >= 11 is 1.64. The van der Waals surface area contributed by atoms with Gasteiger partial charge in [0.25, 0.3) is 0 Å². The maximum absolute atomic E-state index is 12.1. The topological polar surface area (TPSA) is 38.3 Å². The lowest BCUT2D eigenvalue weighted by Crippen LogP contribution is -2.34. The molecule has 0 aromatic heterocycles. The second-order valence-electron chi connectivity index (χ2n) is 5.90. The van der Waals surface area contributed by atoms with Crippen molar-refractivity contribution in [3.63, 3.8) is 0 Å². The molecule has 0 saturated heterocycles. The van der Waals surface area contributed by atoms with Crippen LogP contribution < -0.4 is 10.1 Å². The van der Waals surface area contributed by atoms with E-state index in [0.717, 1.165) is 11.5 Å². The van der Waals surface area contributed by atoms with Crippen LogP contribution >= 0.6 is 11.8 Å². The van der Waals surface area contributed by atoms with E-state index in [1.807, 2.05) is 51.1 Å². The van der Waals surface area contributed by atoms with Crippen LogP contribution in [0.25, 0.3) is 0 Å². The largest absolute Gasteiger partial charge is 0.492 e. The van der Waals surface area contributed by atoms with Gasteiger partial charge in [-0.15, -0.1) is 11.8 Å². The molecule has 0 spiro atoms. The van der Waals surface area contributed by atoms with Gasteiger partial charge in [0.2, 0.25) is 5.91 Å². The third-order valence-corrected chi connectivity index (χ3v) is 4.79. The molecule has 24 heavy (non-hydrogen) atoms. The smallest absolute Gasteiger partial charge is 0.232 e. The molecular formula is C20H25NO2S. The molecule has 0 aliphatic rings. The predicted molar refractivity (Wildman–Crippen MR) is 102 cm³/mol. The fourth-order valence-electron chi connectivity index (χ4n) is 2.37. The van der Waals surface area contributed by atoms with Gasteiger partial charge < -0.3 is 10.1 Å². The molecule has 0 radical (unpaired) electrons. The molecule has 0 unspecified atom stereocenters. The molecule has 0 aliphatic carbocycles. The molecule has 0 bridgehead atoms. The molecule has 1 amide bonds. The monoisotopic (exact) mass is 343 g/mol. The van der Waals surface area contributed by atoms with E-state index in [4.69, 9.17) is 4.74 Å². The molecule has 0 fully saturated rings. The molecule has 2 aromatic carbocycles. The Kier molecular flexibility index (Phi) is 7.19. The maximum atomic E-state index is 12.1. The summed E-state index contributed by atoms with van der Waals surface area (Å²) in [5.74, 6) is 1.75. The zero-order valence-corrected chi connectivity index (χ0v) is 15.4. The number of nitrogens with one attached hydrogen (secondary N) is 1. The van der Waals surface area contributed by atoms with E-state index in [-0.39, 0.29) is 11.2 Å². The Balaban J connectivity index is 1.67. The molecule has 1 atom stereocenters. The Bertz CT molecular complexity index is 638. The summed E-state index contributed by atoms with van der Waals surface area (Å²) < 4.78 is 5.71. The van der Waals surface area contributed by atoms with E-state index < -0.39 is 0 Å². The molecule has 0 heterocycles. The van der Waals surface area contributed by atoms with Crippen LogP contribution in [0.4, 0.5) is 0 Å². The van der Waals surface area contributed by atoms with Crippen molar-refractivity contribution in [3.05, 3.63) is 65.2 Å². The first-order chi connectivity index (χ1) is 11.5. The van der Waals surface area contributed by atoms with Crippen molar-refractivity contribution in [1.82, 2.24) is 5.32 Å². The normalized spacial score (nSPS) is 11.8. The number of rotatable bonds is 8. The van der Waals surface area contributed by atoms with E-state index >= 15 is 0 Å². The molecule has 3 nitrogen and oxygen atoms in total. The van der Waals surface area contributed by atoms with Crippen molar-refractivity contribution in [2.45, 2.75) is 31.8 Å². The van der Waals surface area contributed by atoms with Gasteiger partial charge >= 0.3 is 0 Å². The standard InChI is InChI=1S/C20H25NO2S/c1-15-11-16(2)13-19(12-15)23-10-9-21-20(22)17(3)24-14-18-7-5-4-6-8-18/h4-8,11-13,17H,9-10,14H2,1-3H3,(H,21,22)/t17-/m1/s1. The molecule has 128 valence electrons. The fraction of sp³-hybridized carbons (Fsp3) is 0.350. The highest BCUT2D eigenvalue weighted by Gasteiger charge is 2.12. The number of benzene rings is 2.